The molecule has 0 bridgehead atoms. The summed E-state index contributed by atoms with van der Waals surface area (Å²) in [5.74, 6) is 2.20. The number of hydrogen-bond acceptors (Lipinski definition) is 4. The van der Waals surface area contributed by atoms with Crippen LogP contribution in [0.25, 0.3) is 0 Å². The number of methoxy groups -OCH3 is 1. The van der Waals surface area contributed by atoms with Crippen LogP contribution in [0.1, 0.15) is 6.42 Å². The second-order valence-electron chi connectivity index (χ2n) is 4.54. The maximum Gasteiger partial charge on any atom is 0.122 e. The van der Waals surface area contributed by atoms with Crippen molar-refractivity contribution in [1.29, 1.82) is 0 Å². The normalized spacial score (nSPS) is 22.7. The lowest BCUT2D eigenvalue weighted by Gasteiger charge is -2.12. The molecule has 0 spiro atoms. The molecule has 0 radical (unpaired) electrons. The van der Waals surface area contributed by atoms with Crippen LogP contribution in [0.15, 0.2) is 36.6 Å². The minimum absolute atomic E-state index is 0.00362. The first-order chi connectivity index (χ1) is 8.69. The van der Waals surface area contributed by atoms with Gasteiger partial charge in [-0.15, -0.1) is 0 Å². The Kier molecular flexibility index (Phi) is 4.10. The molecule has 4 heteroatoms. The van der Waals surface area contributed by atoms with E-state index in [1.165, 1.54) is 0 Å². The highest BCUT2D eigenvalue weighted by Gasteiger charge is 2.26. The fourth-order valence-electron chi connectivity index (χ4n) is 2.09. The van der Waals surface area contributed by atoms with Crippen molar-refractivity contribution in [3.05, 3.63) is 36.6 Å². The molecule has 2 N–H and O–H groups in total. The zero-order valence-corrected chi connectivity index (χ0v) is 10.6. The second-order valence-corrected chi connectivity index (χ2v) is 4.54. The average Bonchev–Trinajstić information content (AvgIpc) is 2.85. The zero-order chi connectivity index (χ0) is 13.0. The Labute approximate surface area is 107 Å². The smallest absolute Gasteiger partial charge is 0.122 e. The van der Waals surface area contributed by atoms with Crippen molar-refractivity contribution in [3.63, 3.8) is 0 Å². The van der Waals surface area contributed by atoms with Gasteiger partial charge in [-0.25, -0.2) is 0 Å². The first kappa shape index (κ1) is 12.8. The van der Waals surface area contributed by atoms with E-state index in [-0.39, 0.29) is 11.8 Å². The fraction of sp³-hybridized carbons (Fsp3) is 0.429. The van der Waals surface area contributed by atoms with Gasteiger partial charge in [0.05, 0.1) is 19.8 Å². The van der Waals surface area contributed by atoms with Crippen LogP contribution in [0.3, 0.4) is 0 Å². The summed E-state index contributed by atoms with van der Waals surface area (Å²) in [6, 6.07) is 7.57. The van der Waals surface area contributed by atoms with Crippen LogP contribution >= 0.6 is 0 Å². The number of rotatable bonds is 5. The second kappa shape index (κ2) is 5.78. The van der Waals surface area contributed by atoms with Crippen molar-refractivity contribution >= 4 is 0 Å². The van der Waals surface area contributed by atoms with Crippen molar-refractivity contribution in [2.75, 3.05) is 20.3 Å². The minimum Gasteiger partial charge on any atom is -0.511 e. The van der Waals surface area contributed by atoms with E-state index in [9.17, 15) is 5.11 Å². The first-order valence-electron chi connectivity index (χ1n) is 6.07. The lowest BCUT2D eigenvalue weighted by atomic mass is 10.1. The SMILES string of the molecule is C=C(O)[C@@H]1C[C@H](COc2cccc(OC)c2)CN1. The van der Waals surface area contributed by atoms with Gasteiger partial charge >= 0.3 is 0 Å². The molecular weight excluding hydrogens is 230 g/mol. The molecule has 1 fully saturated rings. The van der Waals surface area contributed by atoms with Gasteiger partial charge in [-0.05, 0) is 18.6 Å². The third-order valence-corrected chi connectivity index (χ3v) is 3.15. The third-order valence-electron chi connectivity index (χ3n) is 3.15. The molecule has 2 atom stereocenters. The maximum atomic E-state index is 9.31. The monoisotopic (exact) mass is 249 g/mol. The zero-order valence-electron chi connectivity index (χ0n) is 10.6. The molecular formula is C14H19NO3. The molecule has 98 valence electrons. The Hall–Kier alpha value is -1.68. The average molecular weight is 249 g/mol. The lowest BCUT2D eigenvalue weighted by Crippen LogP contribution is -2.22. The van der Waals surface area contributed by atoms with Crippen LogP contribution in [0.5, 0.6) is 11.5 Å². The van der Waals surface area contributed by atoms with Crippen molar-refractivity contribution in [3.8, 4) is 11.5 Å². The van der Waals surface area contributed by atoms with Crippen LogP contribution in [0.4, 0.5) is 0 Å². The Bertz CT molecular complexity index is 419. The van der Waals surface area contributed by atoms with Crippen molar-refractivity contribution in [1.82, 2.24) is 5.32 Å². The van der Waals surface area contributed by atoms with E-state index >= 15 is 0 Å². The Morgan fingerprint density at radius 2 is 2.28 bits per heavy atom. The molecule has 0 amide bonds. The largest absolute Gasteiger partial charge is 0.511 e. The Balaban J connectivity index is 1.83. The summed E-state index contributed by atoms with van der Waals surface area (Å²) in [4.78, 5) is 0. The van der Waals surface area contributed by atoms with Gasteiger partial charge in [0.15, 0.2) is 0 Å². The predicted octanol–water partition coefficient (Wildman–Crippen LogP) is 2.12. The number of nitrogens with one attached hydrogen (secondary N) is 1. The van der Waals surface area contributed by atoms with Crippen LogP contribution < -0.4 is 14.8 Å². The Morgan fingerprint density at radius 1 is 1.50 bits per heavy atom. The summed E-state index contributed by atoms with van der Waals surface area (Å²) >= 11 is 0. The highest BCUT2D eigenvalue weighted by Crippen LogP contribution is 2.22. The molecule has 0 aromatic heterocycles. The van der Waals surface area contributed by atoms with Gasteiger partial charge in [0.1, 0.15) is 17.3 Å². The van der Waals surface area contributed by atoms with Gasteiger partial charge in [0.25, 0.3) is 0 Å². The van der Waals surface area contributed by atoms with Gasteiger partial charge in [0, 0.05) is 18.5 Å². The summed E-state index contributed by atoms with van der Waals surface area (Å²) in [7, 11) is 1.64. The van der Waals surface area contributed by atoms with Gasteiger partial charge in [0.2, 0.25) is 0 Å². The molecule has 1 heterocycles. The molecule has 1 aromatic rings. The highest BCUT2D eigenvalue weighted by atomic mass is 16.5. The molecule has 1 aliphatic heterocycles. The molecule has 4 nitrogen and oxygen atoms in total. The van der Waals surface area contributed by atoms with Crippen molar-refractivity contribution < 1.29 is 14.6 Å². The molecule has 1 aliphatic rings. The fourth-order valence-corrected chi connectivity index (χ4v) is 2.09. The number of ether oxygens (including phenoxy) is 2. The number of aliphatic hydroxyl groups is 1. The first-order valence-corrected chi connectivity index (χ1v) is 6.07. The number of aliphatic hydroxyl groups excluding tert-OH is 1. The molecule has 18 heavy (non-hydrogen) atoms. The van der Waals surface area contributed by atoms with Gasteiger partial charge in [-0.3, -0.25) is 0 Å². The van der Waals surface area contributed by atoms with Gasteiger partial charge < -0.3 is 19.9 Å². The quantitative estimate of drug-likeness (QED) is 0.785. The van der Waals surface area contributed by atoms with Crippen LogP contribution in [-0.4, -0.2) is 31.4 Å². The van der Waals surface area contributed by atoms with E-state index in [2.05, 4.69) is 11.9 Å². The standard InChI is InChI=1S/C14H19NO3/c1-10(16)14-6-11(8-15-14)9-18-13-5-3-4-12(7-13)17-2/h3-5,7,11,14-16H,1,6,8-9H2,2H3/t11-,14-/m0/s1. The van der Waals surface area contributed by atoms with Crippen LogP contribution in [-0.2, 0) is 0 Å². The maximum absolute atomic E-state index is 9.31. The lowest BCUT2D eigenvalue weighted by molar-refractivity contribution is 0.255. The Morgan fingerprint density at radius 3 is 2.94 bits per heavy atom. The highest BCUT2D eigenvalue weighted by molar-refractivity contribution is 5.32. The summed E-state index contributed by atoms with van der Waals surface area (Å²) in [5.41, 5.74) is 0. The molecule has 0 unspecified atom stereocenters. The molecule has 1 aromatic carbocycles. The summed E-state index contributed by atoms with van der Waals surface area (Å²) < 4.78 is 10.9. The summed E-state index contributed by atoms with van der Waals surface area (Å²) in [6.45, 7) is 5.02. The topological polar surface area (TPSA) is 50.7 Å². The molecule has 1 saturated heterocycles. The molecule has 0 saturated carbocycles. The van der Waals surface area contributed by atoms with Gasteiger partial charge in [-0.1, -0.05) is 12.6 Å². The summed E-state index contributed by atoms with van der Waals surface area (Å²) in [6.07, 6.45) is 0.860. The van der Waals surface area contributed by atoms with Crippen LogP contribution in [0, 0.1) is 5.92 Å². The van der Waals surface area contributed by atoms with E-state index in [1.54, 1.807) is 7.11 Å². The van der Waals surface area contributed by atoms with Gasteiger partial charge in [-0.2, -0.15) is 0 Å². The van der Waals surface area contributed by atoms with E-state index in [0.29, 0.717) is 12.5 Å². The van der Waals surface area contributed by atoms with E-state index in [0.717, 1.165) is 24.5 Å². The van der Waals surface area contributed by atoms with Crippen molar-refractivity contribution in [2.24, 2.45) is 5.92 Å². The van der Waals surface area contributed by atoms with Crippen LogP contribution in [0.2, 0.25) is 0 Å². The van der Waals surface area contributed by atoms with E-state index in [1.807, 2.05) is 24.3 Å². The number of benzene rings is 1. The van der Waals surface area contributed by atoms with E-state index in [4.69, 9.17) is 9.47 Å². The third kappa shape index (κ3) is 3.17. The van der Waals surface area contributed by atoms with E-state index < -0.39 is 0 Å². The minimum atomic E-state index is 0.00362. The molecule has 0 aliphatic carbocycles. The number of hydrogen-bond donors (Lipinski definition) is 2. The predicted molar refractivity (Wildman–Crippen MR) is 70.2 cm³/mol. The molecule has 2 rings (SSSR count). The summed E-state index contributed by atoms with van der Waals surface area (Å²) in [5, 5.41) is 12.5. The van der Waals surface area contributed by atoms with Crippen molar-refractivity contribution in [2.45, 2.75) is 12.5 Å².